The van der Waals surface area contributed by atoms with Gasteiger partial charge in [-0.15, -0.1) is 6.58 Å². The highest BCUT2D eigenvalue weighted by molar-refractivity contribution is 7.85. The maximum Gasteiger partial charge on any atom is 0.271 e. The first kappa shape index (κ1) is 13.9. The van der Waals surface area contributed by atoms with Crippen LogP contribution in [0.2, 0.25) is 0 Å². The van der Waals surface area contributed by atoms with Crippen LogP contribution in [0, 0.1) is 0 Å². The van der Waals surface area contributed by atoms with E-state index in [2.05, 4.69) is 6.58 Å². The van der Waals surface area contributed by atoms with Gasteiger partial charge in [0.2, 0.25) is 0 Å². The van der Waals surface area contributed by atoms with E-state index < -0.39 is 10.1 Å². The Hall–Kier alpha value is -1.17. The summed E-state index contributed by atoms with van der Waals surface area (Å²) in [5.41, 5.74) is 0.708. The molecule has 94 valence electrons. The molecular weight excluding hydrogens is 240 g/mol. The van der Waals surface area contributed by atoms with Crippen LogP contribution < -0.4 is 0 Å². The van der Waals surface area contributed by atoms with Gasteiger partial charge in [0.1, 0.15) is 5.75 Å². The van der Waals surface area contributed by atoms with Gasteiger partial charge < -0.3 is 4.74 Å². The van der Waals surface area contributed by atoms with Gasteiger partial charge in [0.25, 0.3) is 10.1 Å². The summed E-state index contributed by atoms with van der Waals surface area (Å²) < 4.78 is 32.9. The van der Waals surface area contributed by atoms with Gasteiger partial charge in [0.05, 0.1) is 19.8 Å². The first-order chi connectivity index (χ1) is 8.14. The van der Waals surface area contributed by atoms with Crippen molar-refractivity contribution in [3.8, 4) is 0 Å². The van der Waals surface area contributed by atoms with Crippen molar-refractivity contribution in [1.82, 2.24) is 0 Å². The first-order valence-electron chi connectivity index (χ1n) is 5.24. The fraction of sp³-hybridized carbons (Fsp3) is 0.333. The third kappa shape index (κ3) is 6.21. The zero-order valence-corrected chi connectivity index (χ0v) is 10.4. The molecule has 0 heterocycles. The summed E-state index contributed by atoms with van der Waals surface area (Å²) in [6.45, 7) is 4.14. The Bertz CT molecular complexity index is 425. The van der Waals surface area contributed by atoms with Crippen LogP contribution in [-0.4, -0.2) is 28.2 Å². The van der Waals surface area contributed by atoms with Crippen LogP contribution in [-0.2, 0) is 24.8 Å². The summed E-state index contributed by atoms with van der Waals surface area (Å²) in [5.74, 6) is -0.116. The summed E-state index contributed by atoms with van der Waals surface area (Å²) in [5, 5.41) is 0. The zero-order valence-electron chi connectivity index (χ0n) is 9.54. The average Bonchev–Trinajstić information content (AvgIpc) is 2.29. The van der Waals surface area contributed by atoms with Crippen LogP contribution in [0.15, 0.2) is 43.0 Å². The van der Waals surface area contributed by atoms with Crippen LogP contribution in [0.1, 0.15) is 5.56 Å². The van der Waals surface area contributed by atoms with Crippen molar-refractivity contribution in [3.05, 3.63) is 48.6 Å². The van der Waals surface area contributed by atoms with Crippen molar-refractivity contribution in [2.45, 2.75) is 5.75 Å². The van der Waals surface area contributed by atoms with Gasteiger partial charge in [-0.2, -0.15) is 8.42 Å². The normalized spacial score (nSPS) is 11.3. The Morgan fingerprint density at radius 1 is 1.18 bits per heavy atom. The summed E-state index contributed by atoms with van der Waals surface area (Å²) >= 11 is 0. The minimum absolute atomic E-state index is 0.0308. The lowest BCUT2D eigenvalue weighted by molar-refractivity contribution is 0.123. The van der Waals surface area contributed by atoms with Crippen molar-refractivity contribution in [3.63, 3.8) is 0 Å². The second kappa shape index (κ2) is 7.21. The van der Waals surface area contributed by atoms with E-state index in [1.165, 1.54) is 0 Å². The molecule has 17 heavy (non-hydrogen) atoms. The molecule has 0 aliphatic carbocycles. The van der Waals surface area contributed by atoms with E-state index in [1.54, 1.807) is 30.3 Å². The molecule has 0 aliphatic heterocycles. The predicted molar refractivity (Wildman–Crippen MR) is 66.0 cm³/mol. The van der Waals surface area contributed by atoms with Crippen molar-refractivity contribution in [2.24, 2.45) is 0 Å². The fourth-order valence-electron chi connectivity index (χ4n) is 1.21. The third-order valence-electron chi connectivity index (χ3n) is 1.91. The molecule has 1 aromatic rings. The van der Waals surface area contributed by atoms with Crippen LogP contribution in [0.5, 0.6) is 0 Å². The van der Waals surface area contributed by atoms with Gasteiger partial charge in [-0.1, -0.05) is 36.4 Å². The van der Waals surface area contributed by atoms with E-state index in [1.807, 2.05) is 6.07 Å². The standard InChI is InChI=1S/C12H16O4S/c1-2-8-15-9-10-16-17(13,14)11-12-6-4-3-5-7-12/h2-7H,1,8-11H2. The highest BCUT2D eigenvalue weighted by Gasteiger charge is 2.11. The third-order valence-corrected chi connectivity index (χ3v) is 3.13. The lowest BCUT2D eigenvalue weighted by Crippen LogP contribution is -2.13. The Balaban J connectivity index is 2.34. The monoisotopic (exact) mass is 256 g/mol. The van der Waals surface area contributed by atoms with Crippen molar-refractivity contribution >= 4 is 10.1 Å². The molecule has 1 rings (SSSR count). The van der Waals surface area contributed by atoms with Crippen molar-refractivity contribution < 1.29 is 17.3 Å². The van der Waals surface area contributed by atoms with Crippen LogP contribution in [0.4, 0.5) is 0 Å². The molecule has 0 radical (unpaired) electrons. The zero-order chi connectivity index (χ0) is 12.6. The molecular formula is C12H16O4S. The smallest absolute Gasteiger partial charge is 0.271 e. The highest BCUT2D eigenvalue weighted by Crippen LogP contribution is 2.06. The molecule has 0 unspecified atom stereocenters. The molecule has 5 heteroatoms. The number of hydrogen-bond donors (Lipinski definition) is 0. The second-order valence-electron chi connectivity index (χ2n) is 3.37. The summed E-state index contributed by atoms with van der Waals surface area (Å²) in [7, 11) is -3.53. The van der Waals surface area contributed by atoms with E-state index in [0.717, 1.165) is 0 Å². The lowest BCUT2D eigenvalue weighted by Gasteiger charge is -2.05. The number of hydrogen-bond acceptors (Lipinski definition) is 4. The minimum Gasteiger partial charge on any atom is -0.375 e. The summed E-state index contributed by atoms with van der Waals surface area (Å²) in [4.78, 5) is 0. The Labute approximate surface area is 102 Å². The molecule has 0 saturated carbocycles. The molecule has 0 fully saturated rings. The summed E-state index contributed by atoms with van der Waals surface area (Å²) in [6.07, 6.45) is 1.60. The van der Waals surface area contributed by atoms with Crippen LogP contribution in [0.3, 0.4) is 0 Å². The second-order valence-corrected chi connectivity index (χ2v) is 5.01. The summed E-state index contributed by atoms with van der Waals surface area (Å²) in [6, 6.07) is 8.90. The largest absolute Gasteiger partial charge is 0.375 e. The Morgan fingerprint density at radius 2 is 1.88 bits per heavy atom. The topological polar surface area (TPSA) is 52.6 Å². The molecule has 0 saturated heterocycles. The molecule has 0 atom stereocenters. The number of ether oxygens (including phenoxy) is 1. The molecule has 4 nitrogen and oxygen atoms in total. The average molecular weight is 256 g/mol. The van der Waals surface area contributed by atoms with Gasteiger partial charge in [0.15, 0.2) is 0 Å². The van der Waals surface area contributed by atoms with E-state index in [-0.39, 0.29) is 19.0 Å². The molecule has 0 spiro atoms. The molecule has 1 aromatic carbocycles. The maximum absolute atomic E-state index is 11.5. The maximum atomic E-state index is 11.5. The molecule has 0 aliphatic rings. The van der Waals surface area contributed by atoms with Gasteiger partial charge in [-0.3, -0.25) is 4.18 Å². The molecule has 0 N–H and O–H groups in total. The van der Waals surface area contributed by atoms with E-state index in [0.29, 0.717) is 12.2 Å². The van der Waals surface area contributed by atoms with Crippen LogP contribution >= 0.6 is 0 Å². The number of rotatable bonds is 8. The lowest BCUT2D eigenvalue weighted by atomic mass is 10.2. The van der Waals surface area contributed by atoms with Gasteiger partial charge >= 0.3 is 0 Å². The van der Waals surface area contributed by atoms with Crippen LogP contribution in [0.25, 0.3) is 0 Å². The van der Waals surface area contributed by atoms with Gasteiger partial charge in [-0.25, -0.2) is 0 Å². The van der Waals surface area contributed by atoms with Crippen molar-refractivity contribution in [2.75, 3.05) is 19.8 Å². The minimum atomic E-state index is -3.53. The SMILES string of the molecule is C=CCOCCOS(=O)(=O)Cc1ccccc1. The van der Waals surface area contributed by atoms with E-state index in [4.69, 9.17) is 8.92 Å². The predicted octanol–water partition coefficient (Wildman–Crippen LogP) is 1.74. The van der Waals surface area contributed by atoms with E-state index >= 15 is 0 Å². The molecule has 0 bridgehead atoms. The highest BCUT2D eigenvalue weighted by atomic mass is 32.2. The Kier molecular flexibility index (Phi) is 5.90. The first-order valence-corrected chi connectivity index (χ1v) is 6.81. The van der Waals surface area contributed by atoms with Gasteiger partial charge in [0, 0.05) is 0 Å². The van der Waals surface area contributed by atoms with Gasteiger partial charge in [-0.05, 0) is 5.56 Å². The number of benzene rings is 1. The molecule has 0 amide bonds. The van der Waals surface area contributed by atoms with Crippen molar-refractivity contribution in [1.29, 1.82) is 0 Å². The quantitative estimate of drug-likeness (QED) is 0.404. The van der Waals surface area contributed by atoms with E-state index in [9.17, 15) is 8.42 Å². The fourth-order valence-corrected chi connectivity index (χ4v) is 2.21. The molecule has 0 aromatic heterocycles. The Morgan fingerprint density at radius 3 is 2.53 bits per heavy atom.